The standard InChI is InChI=1S/C20H22N2O3/c21-11-5-6-14(12-23)22-20(24)25-13-19-17-9-3-1-7-15(17)16-8-2-4-10-18(16)19/h1-4,7-10,12,14,19H,5-6,11,13,21H2,(H,22,24)/t14-/m1/s1. The second-order valence-electron chi connectivity index (χ2n) is 6.14. The van der Waals surface area contributed by atoms with Crippen molar-refractivity contribution >= 4 is 12.4 Å². The Kier molecular flexibility index (Phi) is 5.46. The second kappa shape index (κ2) is 7.94. The minimum atomic E-state index is -0.573. The van der Waals surface area contributed by atoms with Gasteiger partial charge in [0.25, 0.3) is 0 Å². The van der Waals surface area contributed by atoms with Crippen molar-refractivity contribution in [2.45, 2.75) is 24.8 Å². The molecule has 130 valence electrons. The van der Waals surface area contributed by atoms with Crippen LogP contribution in [-0.4, -0.2) is 31.6 Å². The van der Waals surface area contributed by atoms with Gasteiger partial charge in [0.05, 0.1) is 6.04 Å². The average Bonchev–Trinajstić information content (AvgIpc) is 2.97. The molecule has 0 fully saturated rings. The summed E-state index contributed by atoms with van der Waals surface area (Å²) in [5, 5.41) is 2.59. The van der Waals surface area contributed by atoms with Crippen LogP contribution in [0.15, 0.2) is 48.5 Å². The van der Waals surface area contributed by atoms with Crippen molar-refractivity contribution in [3.63, 3.8) is 0 Å². The van der Waals surface area contributed by atoms with Crippen LogP contribution in [0, 0.1) is 0 Å². The van der Waals surface area contributed by atoms with E-state index < -0.39 is 12.1 Å². The molecule has 1 amide bonds. The predicted octanol–water partition coefficient (Wildman–Crippen LogP) is 2.83. The molecule has 2 aromatic rings. The lowest BCUT2D eigenvalue weighted by atomic mass is 9.98. The zero-order valence-corrected chi connectivity index (χ0v) is 14.0. The molecule has 5 heteroatoms. The van der Waals surface area contributed by atoms with Gasteiger partial charge >= 0.3 is 6.09 Å². The van der Waals surface area contributed by atoms with Crippen LogP contribution in [0.5, 0.6) is 0 Å². The van der Waals surface area contributed by atoms with Crippen LogP contribution < -0.4 is 11.1 Å². The van der Waals surface area contributed by atoms with E-state index in [1.54, 1.807) is 0 Å². The first-order chi connectivity index (χ1) is 12.2. The van der Waals surface area contributed by atoms with Gasteiger partial charge < -0.3 is 20.6 Å². The Balaban J connectivity index is 1.67. The van der Waals surface area contributed by atoms with E-state index in [0.717, 1.165) is 17.4 Å². The van der Waals surface area contributed by atoms with Gasteiger partial charge in [-0.05, 0) is 41.6 Å². The van der Waals surface area contributed by atoms with E-state index in [1.165, 1.54) is 11.1 Å². The number of nitrogens with one attached hydrogen (secondary N) is 1. The van der Waals surface area contributed by atoms with E-state index in [2.05, 4.69) is 29.6 Å². The number of alkyl carbamates (subject to hydrolysis) is 1. The molecule has 0 radical (unpaired) electrons. The van der Waals surface area contributed by atoms with Gasteiger partial charge in [0.1, 0.15) is 12.9 Å². The van der Waals surface area contributed by atoms with Gasteiger partial charge in [0.15, 0.2) is 0 Å². The number of rotatable bonds is 7. The van der Waals surface area contributed by atoms with Gasteiger partial charge in [-0.1, -0.05) is 48.5 Å². The quantitative estimate of drug-likeness (QED) is 0.761. The summed E-state index contributed by atoms with van der Waals surface area (Å²) in [4.78, 5) is 23.1. The Labute approximate surface area is 147 Å². The molecule has 0 unspecified atom stereocenters. The normalized spacial score (nSPS) is 13.6. The number of benzene rings is 2. The van der Waals surface area contributed by atoms with Crippen LogP contribution in [0.2, 0.25) is 0 Å². The molecule has 2 aromatic carbocycles. The van der Waals surface area contributed by atoms with E-state index in [9.17, 15) is 9.59 Å². The van der Waals surface area contributed by atoms with Crippen molar-refractivity contribution in [3.05, 3.63) is 59.7 Å². The molecule has 1 aliphatic rings. The van der Waals surface area contributed by atoms with Crippen molar-refractivity contribution in [1.29, 1.82) is 0 Å². The summed E-state index contributed by atoms with van der Waals surface area (Å²) in [7, 11) is 0. The van der Waals surface area contributed by atoms with Crippen molar-refractivity contribution in [1.82, 2.24) is 5.32 Å². The smallest absolute Gasteiger partial charge is 0.407 e. The fourth-order valence-corrected chi connectivity index (χ4v) is 3.30. The first-order valence-corrected chi connectivity index (χ1v) is 8.51. The Bertz CT molecular complexity index is 715. The number of nitrogens with two attached hydrogens (primary N) is 1. The molecular weight excluding hydrogens is 316 g/mol. The SMILES string of the molecule is NCCC[C@H](C=O)NC(=O)OCC1c2ccccc2-c2ccccc21. The van der Waals surface area contributed by atoms with Gasteiger partial charge in [-0.2, -0.15) is 0 Å². The van der Waals surface area contributed by atoms with Crippen LogP contribution in [0.4, 0.5) is 4.79 Å². The zero-order chi connectivity index (χ0) is 17.6. The number of aldehydes is 1. The first-order valence-electron chi connectivity index (χ1n) is 8.51. The summed E-state index contributed by atoms with van der Waals surface area (Å²) in [6.45, 7) is 0.721. The van der Waals surface area contributed by atoms with Gasteiger partial charge in [-0.25, -0.2) is 4.79 Å². The minimum Gasteiger partial charge on any atom is -0.449 e. The fraction of sp³-hybridized carbons (Fsp3) is 0.300. The van der Waals surface area contributed by atoms with Gasteiger partial charge in [-0.3, -0.25) is 0 Å². The summed E-state index contributed by atoms with van der Waals surface area (Å²) >= 11 is 0. The Morgan fingerprint density at radius 1 is 1.12 bits per heavy atom. The van der Waals surface area contributed by atoms with E-state index in [4.69, 9.17) is 10.5 Å². The van der Waals surface area contributed by atoms with Crippen LogP contribution in [0.3, 0.4) is 0 Å². The third kappa shape index (κ3) is 3.72. The second-order valence-corrected chi connectivity index (χ2v) is 6.14. The molecule has 0 saturated heterocycles. The van der Waals surface area contributed by atoms with Gasteiger partial charge in [0, 0.05) is 5.92 Å². The molecular formula is C20H22N2O3. The van der Waals surface area contributed by atoms with Crippen molar-refractivity contribution < 1.29 is 14.3 Å². The first kappa shape index (κ1) is 17.2. The number of ether oxygens (including phenoxy) is 1. The monoisotopic (exact) mass is 338 g/mol. The number of hydrogen-bond donors (Lipinski definition) is 2. The number of hydrogen-bond acceptors (Lipinski definition) is 4. The molecule has 3 N–H and O–H groups in total. The molecule has 5 nitrogen and oxygen atoms in total. The average molecular weight is 338 g/mol. The number of amides is 1. The maximum absolute atomic E-state index is 12.0. The summed E-state index contributed by atoms with van der Waals surface area (Å²) in [5.41, 5.74) is 10.1. The largest absolute Gasteiger partial charge is 0.449 e. The van der Waals surface area contributed by atoms with Crippen LogP contribution in [-0.2, 0) is 9.53 Å². The van der Waals surface area contributed by atoms with Gasteiger partial charge in [0.2, 0.25) is 0 Å². The highest BCUT2D eigenvalue weighted by Gasteiger charge is 2.29. The molecule has 1 atom stereocenters. The van der Waals surface area contributed by atoms with E-state index in [0.29, 0.717) is 19.4 Å². The minimum absolute atomic E-state index is 0.0110. The molecule has 25 heavy (non-hydrogen) atoms. The topological polar surface area (TPSA) is 81.4 Å². The van der Waals surface area contributed by atoms with E-state index in [-0.39, 0.29) is 12.5 Å². The van der Waals surface area contributed by atoms with E-state index in [1.807, 2.05) is 24.3 Å². The highest BCUT2D eigenvalue weighted by atomic mass is 16.5. The summed E-state index contributed by atoms with van der Waals surface area (Å²) in [6.07, 6.45) is 1.34. The summed E-state index contributed by atoms with van der Waals surface area (Å²) < 4.78 is 5.41. The lowest BCUT2D eigenvalue weighted by Gasteiger charge is -2.16. The predicted molar refractivity (Wildman–Crippen MR) is 96.3 cm³/mol. The third-order valence-corrected chi connectivity index (χ3v) is 4.53. The maximum atomic E-state index is 12.0. The fourth-order valence-electron chi connectivity index (χ4n) is 3.30. The molecule has 0 spiro atoms. The Hall–Kier alpha value is -2.66. The highest BCUT2D eigenvalue weighted by Crippen LogP contribution is 2.44. The Morgan fingerprint density at radius 3 is 2.28 bits per heavy atom. The summed E-state index contributed by atoms with van der Waals surface area (Å²) in [6, 6.07) is 15.8. The van der Waals surface area contributed by atoms with Crippen molar-refractivity contribution in [2.24, 2.45) is 5.73 Å². The van der Waals surface area contributed by atoms with E-state index >= 15 is 0 Å². The molecule has 1 aliphatic carbocycles. The number of fused-ring (bicyclic) bond motifs is 3. The molecule has 0 heterocycles. The van der Waals surface area contributed by atoms with Crippen molar-refractivity contribution in [3.8, 4) is 11.1 Å². The lowest BCUT2D eigenvalue weighted by Crippen LogP contribution is -2.37. The number of carbonyl (C=O) groups excluding carboxylic acids is 2. The highest BCUT2D eigenvalue weighted by molar-refractivity contribution is 5.79. The number of carbonyl (C=O) groups is 2. The van der Waals surface area contributed by atoms with Gasteiger partial charge in [-0.15, -0.1) is 0 Å². The maximum Gasteiger partial charge on any atom is 0.407 e. The van der Waals surface area contributed by atoms with Crippen molar-refractivity contribution in [2.75, 3.05) is 13.2 Å². The summed E-state index contributed by atoms with van der Waals surface area (Å²) in [5.74, 6) is 0.0110. The molecule has 0 saturated carbocycles. The van der Waals surface area contributed by atoms with Crippen LogP contribution in [0.1, 0.15) is 29.9 Å². The molecule has 0 aliphatic heterocycles. The molecule has 0 aromatic heterocycles. The molecule has 0 bridgehead atoms. The Morgan fingerprint density at radius 2 is 1.72 bits per heavy atom. The van der Waals surface area contributed by atoms with Crippen LogP contribution in [0.25, 0.3) is 11.1 Å². The third-order valence-electron chi connectivity index (χ3n) is 4.53. The lowest BCUT2D eigenvalue weighted by molar-refractivity contribution is -0.109. The zero-order valence-electron chi connectivity index (χ0n) is 14.0. The molecule has 3 rings (SSSR count). The van der Waals surface area contributed by atoms with Crippen LogP contribution >= 0.6 is 0 Å².